The molecular weight excluding hydrogens is 651 g/mol. The molecule has 0 N–H and O–H groups in total. The molecule has 0 aliphatic carbocycles. The first-order chi connectivity index (χ1) is 25.8. The van der Waals surface area contributed by atoms with Gasteiger partial charge in [0.25, 0.3) is 0 Å². The first-order valence-corrected chi connectivity index (χ1v) is 18.6. The molecule has 0 bridgehead atoms. The molecule has 12 aromatic rings. The van der Waals surface area contributed by atoms with Crippen molar-refractivity contribution in [3.05, 3.63) is 176 Å². The van der Waals surface area contributed by atoms with E-state index in [9.17, 15) is 0 Å². The van der Waals surface area contributed by atoms with E-state index in [4.69, 9.17) is 0 Å². The van der Waals surface area contributed by atoms with E-state index in [0.29, 0.717) is 0 Å². The number of aromatic nitrogens is 3. The van der Waals surface area contributed by atoms with Crippen LogP contribution in [0.4, 0.5) is 0 Å². The number of hydrogen-bond donors (Lipinski definition) is 0. The molecule has 4 heteroatoms. The second kappa shape index (κ2) is 10.5. The summed E-state index contributed by atoms with van der Waals surface area (Å²) in [7, 11) is 0. The largest absolute Gasteiger partial charge is 0.309 e. The molecule has 0 radical (unpaired) electrons. The minimum absolute atomic E-state index is 1.17. The van der Waals surface area contributed by atoms with E-state index < -0.39 is 0 Å². The van der Waals surface area contributed by atoms with Crippen LogP contribution in [0.1, 0.15) is 0 Å². The minimum atomic E-state index is 1.17. The maximum Gasteiger partial charge on any atom is 0.0555 e. The van der Waals surface area contributed by atoms with Crippen molar-refractivity contribution >= 4 is 96.9 Å². The lowest BCUT2D eigenvalue weighted by Gasteiger charge is -2.12. The van der Waals surface area contributed by atoms with Crippen LogP contribution in [-0.2, 0) is 0 Å². The average molecular weight is 680 g/mol. The Morgan fingerprint density at radius 2 is 0.712 bits per heavy atom. The van der Waals surface area contributed by atoms with E-state index in [-0.39, 0.29) is 0 Å². The van der Waals surface area contributed by atoms with Crippen LogP contribution in [0.15, 0.2) is 176 Å². The van der Waals surface area contributed by atoms with Gasteiger partial charge >= 0.3 is 0 Å². The molecule has 4 aromatic heterocycles. The molecule has 0 unspecified atom stereocenters. The van der Waals surface area contributed by atoms with E-state index in [0.717, 1.165) is 0 Å². The molecule has 0 aliphatic rings. The van der Waals surface area contributed by atoms with Crippen molar-refractivity contribution in [1.82, 2.24) is 13.7 Å². The van der Waals surface area contributed by atoms with E-state index in [1.165, 1.54) is 103 Å². The van der Waals surface area contributed by atoms with Gasteiger partial charge in [0.2, 0.25) is 0 Å². The molecule has 0 saturated heterocycles. The summed E-state index contributed by atoms with van der Waals surface area (Å²) in [6.45, 7) is 0. The van der Waals surface area contributed by atoms with Gasteiger partial charge in [-0.3, -0.25) is 0 Å². The molecule has 0 spiro atoms. The number of benzene rings is 8. The molecule has 12 rings (SSSR count). The third kappa shape index (κ3) is 3.74. The Labute approximate surface area is 302 Å². The first-order valence-electron chi connectivity index (χ1n) is 17.8. The van der Waals surface area contributed by atoms with Gasteiger partial charge in [-0.1, -0.05) is 97.1 Å². The van der Waals surface area contributed by atoms with Gasteiger partial charge in [0.1, 0.15) is 0 Å². The Kier molecular flexibility index (Phi) is 5.65. The zero-order valence-electron chi connectivity index (χ0n) is 28.0. The fraction of sp³-hybridized carbons (Fsp3) is 0. The number of rotatable bonds is 3. The summed E-state index contributed by atoms with van der Waals surface area (Å²) < 4.78 is 9.91. The molecule has 0 atom stereocenters. The predicted molar refractivity (Wildman–Crippen MR) is 222 cm³/mol. The lowest BCUT2D eigenvalue weighted by Crippen LogP contribution is -1.96. The van der Waals surface area contributed by atoms with E-state index in [1.54, 1.807) is 0 Å². The summed E-state index contributed by atoms with van der Waals surface area (Å²) in [4.78, 5) is 0. The van der Waals surface area contributed by atoms with Gasteiger partial charge in [0.15, 0.2) is 0 Å². The topological polar surface area (TPSA) is 14.8 Å². The third-order valence-corrected chi connectivity index (χ3v) is 12.2. The molecule has 52 heavy (non-hydrogen) atoms. The average Bonchev–Trinajstić information content (AvgIpc) is 3.94. The van der Waals surface area contributed by atoms with Crippen LogP contribution in [0.25, 0.3) is 103 Å². The summed E-state index contributed by atoms with van der Waals surface area (Å²) >= 11 is 1.87. The predicted octanol–water partition coefficient (Wildman–Crippen LogP) is 13.3. The Morgan fingerprint density at radius 1 is 0.288 bits per heavy atom. The van der Waals surface area contributed by atoms with Crippen molar-refractivity contribution in [2.45, 2.75) is 0 Å². The quantitative estimate of drug-likeness (QED) is 0.177. The van der Waals surface area contributed by atoms with E-state index >= 15 is 0 Å². The van der Waals surface area contributed by atoms with Crippen molar-refractivity contribution in [1.29, 1.82) is 0 Å². The third-order valence-electron chi connectivity index (χ3n) is 11.0. The molecule has 0 saturated carbocycles. The van der Waals surface area contributed by atoms with Crippen LogP contribution in [0, 0.1) is 0 Å². The van der Waals surface area contributed by atoms with Crippen LogP contribution in [0.5, 0.6) is 0 Å². The SMILES string of the molecule is c1cc(-n2c3ccccc3c3ccccc32)c2c(c1)sc1ccc(-n3c4ccccc4c4cc(-n5c6ccccc6c6ccccc65)ccc43)cc12. The first kappa shape index (κ1) is 28.1. The smallest absolute Gasteiger partial charge is 0.0555 e. The lowest BCUT2D eigenvalue weighted by molar-refractivity contribution is 1.17. The zero-order valence-corrected chi connectivity index (χ0v) is 28.8. The van der Waals surface area contributed by atoms with E-state index in [1.807, 2.05) is 11.3 Å². The Bertz CT molecular complexity index is 3320. The van der Waals surface area contributed by atoms with E-state index in [2.05, 4.69) is 190 Å². The summed E-state index contributed by atoms with van der Waals surface area (Å²) in [5.74, 6) is 0. The van der Waals surface area contributed by atoms with Gasteiger partial charge in [0.05, 0.1) is 38.8 Å². The number of nitrogens with zero attached hydrogens (tertiary/aromatic N) is 3. The normalized spacial score (nSPS) is 12.2. The summed E-state index contributed by atoms with van der Waals surface area (Å²) in [5, 5.41) is 10.2. The molecule has 242 valence electrons. The standard InChI is InChI=1S/C48H29N3S/c1-6-17-39-32(12-1)33-13-2-7-18-40(33)49(39)30-24-26-44-37(28-30)36-16-5-8-19-41(36)50(44)31-25-27-46-38(29-31)48-45(22-11-23-47(48)52-46)51-42-20-9-3-14-34(42)35-15-4-10-21-43(35)51/h1-29H. The van der Waals surface area contributed by atoms with Crippen molar-refractivity contribution in [2.75, 3.05) is 0 Å². The molecular formula is C48H29N3S. The summed E-state index contributed by atoms with van der Waals surface area (Å²) in [5.41, 5.74) is 10.9. The second-order valence-electron chi connectivity index (χ2n) is 13.7. The highest BCUT2D eigenvalue weighted by atomic mass is 32.1. The number of hydrogen-bond acceptors (Lipinski definition) is 1. The van der Waals surface area contributed by atoms with Crippen molar-refractivity contribution < 1.29 is 0 Å². The summed E-state index contributed by atoms with van der Waals surface area (Å²) in [6.07, 6.45) is 0. The van der Waals surface area contributed by atoms with Gasteiger partial charge in [-0.25, -0.2) is 0 Å². The fourth-order valence-electron chi connectivity index (χ4n) is 8.88. The monoisotopic (exact) mass is 679 g/mol. The maximum absolute atomic E-state index is 2.46. The minimum Gasteiger partial charge on any atom is -0.309 e. The van der Waals surface area contributed by atoms with Crippen molar-refractivity contribution in [2.24, 2.45) is 0 Å². The van der Waals surface area contributed by atoms with Crippen molar-refractivity contribution in [3.8, 4) is 17.1 Å². The second-order valence-corrected chi connectivity index (χ2v) is 14.8. The van der Waals surface area contributed by atoms with Crippen LogP contribution >= 0.6 is 11.3 Å². The van der Waals surface area contributed by atoms with Crippen molar-refractivity contribution in [3.63, 3.8) is 0 Å². The van der Waals surface area contributed by atoms with Crippen LogP contribution < -0.4 is 0 Å². The molecule has 0 amide bonds. The molecule has 4 heterocycles. The molecule has 0 aliphatic heterocycles. The van der Waals surface area contributed by atoms with Gasteiger partial charge in [-0.2, -0.15) is 0 Å². The zero-order chi connectivity index (χ0) is 33.9. The Balaban J connectivity index is 1.11. The fourth-order valence-corrected chi connectivity index (χ4v) is 9.99. The van der Waals surface area contributed by atoms with Gasteiger partial charge in [-0.05, 0) is 78.9 Å². The van der Waals surface area contributed by atoms with Gasteiger partial charge in [0, 0.05) is 63.9 Å². The van der Waals surface area contributed by atoms with Gasteiger partial charge in [-0.15, -0.1) is 11.3 Å². The summed E-state index contributed by atoms with van der Waals surface area (Å²) in [6, 6.07) is 64.7. The number of thiophene rings is 1. The lowest BCUT2D eigenvalue weighted by atomic mass is 10.1. The van der Waals surface area contributed by atoms with Crippen LogP contribution in [-0.4, -0.2) is 13.7 Å². The Morgan fingerprint density at radius 3 is 1.25 bits per heavy atom. The maximum atomic E-state index is 2.46. The number of fused-ring (bicyclic) bond motifs is 12. The highest BCUT2D eigenvalue weighted by molar-refractivity contribution is 7.25. The highest BCUT2D eigenvalue weighted by Crippen LogP contribution is 2.43. The van der Waals surface area contributed by atoms with Crippen LogP contribution in [0.2, 0.25) is 0 Å². The van der Waals surface area contributed by atoms with Crippen LogP contribution in [0.3, 0.4) is 0 Å². The van der Waals surface area contributed by atoms with Gasteiger partial charge < -0.3 is 13.7 Å². The molecule has 8 aromatic carbocycles. The molecule has 3 nitrogen and oxygen atoms in total. The number of para-hydroxylation sites is 5. The Hall–Kier alpha value is -6.62. The molecule has 0 fully saturated rings. The highest BCUT2D eigenvalue weighted by Gasteiger charge is 2.19.